The molecule has 1 aromatic rings. The van der Waals surface area contributed by atoms with Crippen molar-refractivity contribution in [3.8, 4) is 5.88 Å². The average Bonchev–Trinajstić information content (AvgIpc) is 2.45. The van der Waals surface area contributed by atoms with E-state index in [1.807, 2.05) is 6.92 Å². The second-order valence-corrected chi connectivity index (χ2v) is 5.18. The molecule has 20 heavy (non-hydrogen) atoms. The number of aromatic nitrogens is 2. The van der Waals surface area contributed by atoms with E-state index in [1.54, 1.807) is 19.5 Å². The molecule has 0 aromatic carbocycles. The summed E-state index contributed by atoms with van der Waals surface area (Å²) < 4.78 is 31.8. The van der Waals surface area contributed by atoms with E-state index in [9.17, 15) is 8.78 Å². The molecule has 1 atom stereocenters. The third kappa shape index (κ3) is 3.42. The SMILES string of the molecule is CCNC(c1nccnc1OC)C1CCC(F)(F)CC1. The third-order valence-corrected chi connectivity index (χ3v) is 3.84. The van der Waals surface area contributed by atoms with Gasteiger partial charge in [-0.3, -0.25) is 4.98 Å². The number of alkyl halides is 2. The van der Waals surface area contributed by atoms with E-state index < -0.39 is 5.92 Å². The minimum Gasteiger partial charge on any atom is -0.480 e. The molecule has 0 saturated heterocycles. The van der Waals surface area contributed by atoms with E-state index in [0.717, 1.165) is 6.54 Å². The molecule has 2 rings (SSSR count). The Bertz CT molecular complexity index is 432. The van der Waals surface area contributed by atoms with Crippen molar-refractivity contribution in [3.05, 3.63) is 18.1 Å². The van der Waals surface area contributed by atoms with Crippen molar-refractivity contribution in [2.45, 2.75) is 44.6 Å². The zero-order valence-corrected chi connectivity index (χ0v) is 11.9. The van der Waals surface area contributed by atoms with Crippen molar-refractivity contribution in [1.29, 1.82) is 0 Å². The van der Waals surface area contributed by atoms with Gasteiger partial charge in [-0.05, 0) is 25.3 Å². The highest BCUT2D eigenvalue weighted by Crippen LogP contribution is 2.42. The summed E-state index contributed by atoms with van der Waals surface area (Å²) >= 11 is 0. The molecule has 0 spiro atoms. The van der Waals surface area contributed by atoms with E-state index in [4.69, 9.17) is 4.74 Å². The Labute approximate surface area is 118 Å². The fourth-order valence-electron chi connectivity index (χ4n) is 2.81. The smallest absolute Gasteiger partial charge is 0.248 e. The van der Waals surface area contributed by atoms with Crippen LogP contribution in [0.2, 0.25) is 0 Å². The lowest BCUT2D eigenvalue weighted by Crippen LogP contribution is -2.34. The summed E-state index contributed by atoms with van der Waals surface area (Å²) in [6.07, 6.45) is 4.05. The molecule has 1 N–H and O–H groups in total. The van der Waals surface area contributed by atoms with E-state index in [0.29, 0.717) is 24.4 Å². The number of hydrogen-bond donors (Lipinski definition) is 1. The fourth-order valence-corrected chi connectivity index (χ4v) is 2.81. The summed E-state index contributed by atoms with van der Waals surface area (Å²) in [5, 5.41) is 3.34. The molecular formula is C14H21F2N3O. The van der Waals surface area contributed by atoms with Crippen LogP contribution in [0.15, 0.2) is 12.4 Å². The van der Waals surface area contributed by atoms with Gasteiger partial charge >= 0.3 is 0 Å². The normalized spacial score (nSPS) is 20.6. The van der Waals surface area contributed by atoms with Crippen molar-refractivity contribution in [2.24, 2.45) is 5.92 Å². The zero-order valence-electron chi connectivity index (χ0n) is 11.9. The van der Waals surface area contributed by atoms with Gasteiger partial charge in [0, 0.05) is 25.2 Å². The van der Waals surface area contributed by atoms with Crippen LogP contribution in [0.25, 0.3) is 0 Å². The number of methoxy groups -OCH3 is 1. The van der Waals surface area contributed by atoms with Gasteiger partial charge in [-0.25, -0.2) is 13.8 Å². The molecule has 4 nitrogen and oxygen atoms in total. The van der Waals surface area contributed by atoms with E-state index in [2.05, 4.69) is 15.3 Å². The predicted molar refractivity (Wildman–Crippen MR) is 71.9 cm³/mol. The predicted octanol–water partition coefficient (Wildman–Crippen LogP) is 2.96. The Morgan fingerprint density at radius 3 is 2.60 bits per heavy atom. The summed E-state index contributed by atoms with van der Waals surface area (Å²) in [6, 6.07) is -0.0836. The minimum atomic E-state index is -2.51. The molecule has 1 aliphatic rings. The highest BCUT2D eigenvalue weighted by Gasteiger charge is 2.39. The quantitative estimate of drug-likeness (QED) is 0.903. The second-order valence-electron chi connectivity index (χ2n) is 5.18. The van der Waals surface area contributed by atoms with Crippen LogP contribution in [0.4, 0.5) is 8.78 Å². The molecule has 112 valence electrons. The standard InChI is InChI=1S/C14H21F2N3O/c1-3-17-11(10-4-6-14(15,16)7-5-10)12-13(20-2)19-9-8-18-12/h8-11,17H,3-7H2,1-2H3. The lowest BCUT2D eigenvalue weighted by atomic mass is 9.81. The molecular weight excluding hydrogens is 264 g/mol. The first kappa shape index (κ1) is 15.1. The molecule has 0 amide bonds. The van der Waals surface area contributed by atoms with Crippen molar-refractivity contribution in [2.75, 3.05) is 13.7 Å². The fraction of sp³-hybridized carbons (Fsp3) is 0.714. The Kier molecular flexibility index (Phi) is 4.86. The Balaban J connectivity index is 2.19. The van der Waals surface area contributed by atoms with Crippen molar-refractivity contribution >= 4 is 0 Å². The first-order valence-electron chi connectivity index (χ1n) is 7.03. The first-order valence-corrected chi connectivity index (χ1v) is 7.03. The van der Waals surface area contributed by atoms with Crippen molar-refractivity contribution < 1.29 is 13.5 Å². The van der Waals surface area contributed by atoms with Gasteiger partial charge in [0.2, 0.25) is 11.8 Å². The van der Waals surface area contributed by atoms with Gasteiger partial charge in [0.1, 0.15) is 5.69 Å². The number of halogens is 2. The van der Waals surface area contributed by atoms with Crippen LogP contribution >= 0.6 is 0 Å². The highest BCUT2D eigenvalue weighted by atomic mass is 19.3. The van der Waals surface area contributed by atoms with Crippen LogP contribution in [-0.4, -0.2) is 29.5 Å². The molecule has 1 aliphatic carbocycles. The van der Waals surface area contributed by atoms with Crippen LogP contribution in [0.1, 0.15) is 44.3 Å². The number of hydrogen-bond acceptors (Lipinski definition) is 4. The molecule has 0 aliphatic heterocycles. The minimum absolute atomic E-state index is 0.0534. The van der Waals surface area contributed by atoms with Crippen LogP contribution in [0, 0.1) is 5.92 Å². The monoisotopic (exact) mass is 285 g/mol. The molecule has 0 bridgehead atoms. The van der Waals surface area contributed by atoms with Crippen LogP contribution in [0.5, 0.6) is 5.88 Å². The topological polar surface area (TPSA) is 47.0 Å². The van der Waals surface area contributed by atoms with Crippen LogP contribution in [-0.2, 0) is 0 Å². The van der Waals surface area contributed by atoms with Crippen LogP contribution < -0.4 is 10.1 Å². The highest BCUT2D eigenvalue weighted by molar-refractivity contribution is 5.22. The summed E-state index contributed by atoms with van der Waals surface area (Å²) in [5.41, 5.74) is 0.715. The molecule has 0 radical (unpaired) electrons. The van der Waals surface area contributed by atoms with Crippen molar-refractivity contribution in [1.82, 2.24) is 15.3 Å². The van der Waals surface area contributed by atoms with E-state index in [-0.39, 0.29) is 24.8 Å². The third-order valence-electron chi connectivity index (χ3n) is 3.84. The van der Waals surface area contributed by atoms with Crippen molar-refractivity contribution in [3.63, 3.8) is 0 Å². The number of ether oxygens (including phenoxy) is 1. The Morgan fingerprint density at radius 1 is 1.35 bits per heavy atom. The molecule has 1 saturated carbocycles. The average molecular weight is 285 g/mol. The summed E-state index contributed by atoms with van der Waals surface area (Å²) in [5.74, 6) is -1.91. The van der Waals surface area contributed by atoms with Crippen LogP contribution in [0.3, 0.4) is 0 Å². The van der Waals surface area contributed by atoms with Gasteiger partial charge in [0.25, 0.3) is 0 Å². The maximum Gasteiger partial charge on any atom is 0.248 e. The van der Waals surface area contributed by atoms with Gasteiger partial charge in [-0.1, -0.05) is 6.92 Å². The number of rotatable bonds is 5. The molecule has 6 heteroatoms. The summed E-state index contributed by atoms with van der Waals surface area (Å²) in [7, 11) is 1.55. The van der Waals surface area contributed by atoms with E-state index >= 15 is 0 Å². The van der Waals surface area contributed by atoms with Gasteiger partial charge < -0.3 is 10.1 Å². The summed E-state index contributed by atoms with van der Waals surface area (Å²) in [6.45, 7) is 2.74. The molecule has 1 aromatic heterocycles. The van der Waals surface area contributed by atoms with Gasteiger partial charge in [-0.15, -0.1) is 0 Å². The van der Waals surface area contributed by atoms with E-state index in [1.165, 1.54) is 0 Å². The van der Waals surface area contributed by atoms with Gasteiger partial charge in [-0.2, -0.15) is 0 Å². The van der Waals surface area contributed by atoms with Gasteiger partial charge in [0.15, 0.2) is 0 Å². The maximum absolute atomic E-state index is 13.3. The Hall–Kier alpha value is -1.30. The molecule has 1 heterocycles. The number of nitrogens with one attached hydrogen (secondary N) is 1. The lowest BCUT2D eigenvalue weighted by molar-refractivity contribution is -0.0499. The van der Waals surface area contributed by atoms with Gasteiger partial charge in [0.05, 0.1) is 13.2 Å². The molecule has 1 unspecified atom stereocenters. The second kappa shape index (κ2) is 6.43. The largest absolute Gasteiger partial charge is 0.480 e. The maximum atomic E-state index is 13.3. The summed E-state index contributed by atoms with van der Waals surface area (Å²) in [4.78, 5) is 8.49. The lowest BCUT2D eigenvalue weighted by Gasteiger charge is -2.34. The first-order chi connectivity index (χ1) is 9.57. The molecule has 1 fully saturated rings. The zero-order chi connectivity index (χ0) is 14.6. The Morgan fingerprint density at radius 2 is 2.00 bits per heavy atom. The number of nitrogens with zero attached hydrogens (tertiary/aromatic N) is 2.